The van der Waals surface area contributed by atoms with Crippen molar-refractivity contribution in [3.63, 3.8) is 0 Å². The minimum absolute atomic E-state index is 0.0924. The van der Waals surface area contributed by atoms with E-state index in [0.29, 0.717) is 12.5 Å². The lowest BCUT2D eigenvalue weighted by Gasteiger charge is -2.20. The van der Waals surface area contributed by atoms with E-state index in [2.05, 4.69) is 55.2 Å². The van der Waals surface area contributed by atoms with Crippen molar-refractivity contribution >= 4 is 89.8 Å². The molecule has 0 aromatic heterocycles. The Kier molecular flexibility index (Phi) is 9.54. The molecule has 7 nitrogen and oxygen atoms in total. The van der Waals surface area contributed by atoms with E-state index in [4.69, 9.17) is 4.55 Å². The van der Waals surface area contributed by atoms with Crippen LogP contribution in [-0.4, -0.2) is 42.8 Å². The molecule has 0 fully saturated rings. The zero-order valence-corrected chi connectivity index (χ0v) is 20.9. The summed E-state index contributed by atoms with van der Waals surface area (Å²) in [4.78, 5) is 23.7. The largest absolute Gasteiger partial charge is 0.455 e. The van der Waals surface area contributed by atoms with E-state index in [1.54, 1.807) is 6.07 Å². The van der Waals surface area contributed by atoms with Gasteiger partial charge in [-0.1, -0.05) is 0 Å². The topological polar surface area (TPSA) is 110 Å². The number of carbonyl (C=O) groups excluding carboxylic acids is 2. The molecular weight excluding hydrogens is 729 g/mol. The number of alkyl halides is 2. The molecule has 13 heteroatoms. The van der Waals surface area contributed by atoms with Crippen molar-refractivity contribution in [2.24, 2.45) is 0 Å². The first kappa shape index (κ1) is 25.2. The van der Waals surface area contributed by atoms with Crippen LogP contribution in [-0.2, 0) is 19.6 Å². The molecule has 0 aliphatic rings. The smallest absolute Gasteiger partial charge is 0.405 e. The van der Waals surface area contributed by atoms with Gasteiger partial charge in [0.1, 0.15) is 0 Å². The van der Waals surface area contributed by atoms with E-state index >= 15 is 0 Å². The summed E-state index contributed by atoms with van der Waals surface area (Å²) in [6.07, 6.45) is -2.55. The zero-order chi connectivity index (χ0) is 21.0. The fraction of sp³-hybridized carbons (Fsp3) is 0.429. The molecule has 0 aliphatic heterocycles. The van der Waals surface area contributed by atoms with E-state index in [1.165, 1.54) is 0 Å². The van der Waals surface area contributed by atoms with Gasteiger partial charge in [0.05, 0.1) is 5.56 Å². The molecular formula is C14H14F2I3NO6S. The Morgan fingerprint density at radius 3 is 2.44 bits per heavy atom. The van der Waals surface area contributed by atoms with E-state index in [9.17, 15) is 26.8 Å². The molecule has 1 unspecified atom stereocenters. The molecule has 0 radical (unpaired) electrons. The summed E-state index contributed by atoms with van der Waals surface area (Å²) in [5.41, 5.74) is 0.482. The number of esters is 1. The second-order valence-corrected chi connectivity index (χ2v) is 10.3. The first-order chi connectivity index (χ1) is 12.3. The summed E-state index contributed by atoms with van der Waals surface area (Å²) in [6.45, 7) is 0.753. The molecule has 1 amide bonds. The molecule has 1 aromatic carbocycles. The Balaban J connectivity index is 2.51. The van der Waals surface area contributed by atoms with Gasteiger partial charge in [-0.05, 0) is 93.2 Å². The third-order valence-electron chi connectivity index (χ3n) is 3.21. The molecule has 2 N–H and O–H groups in total. The summed E-state index contributed by atoms with van der Waals surface area (Å²) in [7, 11) is -5.69. The molecule has 27 heavy (non-hydrogen) atoms. The van der Waals surface area contributed by atoms with Gasteiger partial charge in [0.25, 0.3) is 5.91 Å². The van der Waals surface area contributed by atoms with Gasteiger partial charge in [0, 0.05) is 23.7 Å². The second kappa shape index (κ2) is 10.2. The number of rotatable bonds is 8. The fourth-order valence-corrected chi connectivity index (χ4v) is 4.65. The number of benzene rings is 1. The summed E-state index contributed by atoms with van der Waals surface area (Å²) in [5, 5.41) is -1.99. The number of halogens is 5. The SMILES string of the molecule is CC(OC(=O)CCCNC(=O)c1cc(I)cc(I)c1I)C(F)(F)S(=O)(=O)O. The van der Waals surface area contributed by atoms with E-state index in [1.807, 2.05) is 28.7 Å². The van der Waals surface area contributed by atoms with E-state index < -0.39 is 27.4 Å². The normalized spacial score (nSPS) is 13.1. The fourth-order valence-electron chi connectivity index (χ4n) is 1.79. The van der Waals surface area contributed by atoms with Gasteiger partial charge in [0.15, 0.2) is 6.10 Å². The number of nitrogens with one attached hydrogen (secondary N) is 1. The monoisotopic (exact) mass is 743 g/mol. The highest BCUT2D eigenvalue weighted by atomic mass is 127. The van der Waals surface area contributed by atoms with Gasteiger partial charge in [0.2, 0.25) is 0 Å². The van der Waals surface area contributed by atoms with Gasteiger partial charge in [-0.3, -0.25) is 14.1 Å². The third kappa shape index (κ3) is 7.14. The van der Waals surface area contributed by atoms with Crippen molar-refractivity contribution in [3.05, 3.63) is 28.4 Å². The first-order valence-corrected chi connectivity index (χ1v) is 11.9. The number of carbonyl (C=O) groups is 2. The number of hydrogen-bond acceptors (Lipinski definition) is 5. The molecule has 0 heterocycles. The van der Waals surface area contributed by atoms with Crippen molar-refractivity contribution in [2.75, 3.05) is 6.54 Å². The molecule has 0 spiro atoms. The third-order valence-corrected chi connectivity index (χ3v) is 7.89. The lowest BCUT2D eigenvalue weighted by Crippen LogP contribution is -2.42. The Morgan fingerprint density at radius 1 is 1.30 bits per heavy atom. The standard InChI is InChI=1S/C14H14F2I3NO6S/c1-7(14(15,16)27(23,24)25)26-11(21)3-2-4-20-13(22)9-5-8(17)6-10(18)12(9)19/h5-7H,2-4H2,1H3,(H,20,22)(H,23,24,25). The Hall–Kier alpha value is 0.120. The molecule has 152 valence electrons. The van der Waals surface area contributed by atoms with E-state index in [0.717, 1.165) is 10.7 Å². The highest BCUT2D eigenvalue weighted by molar-refractivity contribution is 14.1. The number of ether oxygens (including phenoxy) is 1. The lowest BCUT2D eigenvalue weighted by atomic mass is 10.2. The van der Waals surface area contributed by atoms with Crippen LogP contribution in [0.25, 0.3) is 0 Å². The maximum atomic E-state index is 13.3. The maximum Gasteiger partial charge on any atom is 0.405 e. The highest BCUT2D eigenvalue weighted by Gasteiger charge is 2.51. The second-order valence-electron chi connectivity index (χ2n) is 5.28. The molecule has 1 rings (SSSR count). The van der Waals surface area contributed by atoms with Gasteiger partial charge < -0.3 is 10.1 Å². The summed E-state index contributed by atoms with van der Waals surface area (Å²) >= 11 is 6.25. The van der Waals surface area contributed by atoms with Crippen LogP contribution in [0.1, 0.15) is 30.1 Å². The van der Waals surface area contributed by atoms with Crippen molar-refractivity contribution < 1.29 is 36.1 Å². The zero-order valence-electron chi connectivity index (χ0n) is 13.6. The van der Waals surface area contributed by atoms with Gasteiger partial charge in [-0.15, -0.1) is 0 Å². The average molecular weight is 743 g/mol. The average Bonchev–Trinajstić information content (AvgIpc) is 2.53. The van der Waals surface area contributed by atoms with Crippen molar-refractivity contribution in [2.45, 2.75) is 31.1 Å². The van der Waals surface area contributed by atoms with Gasteiger partial charge in [-0.2, -0.15) is 17.2 Å². The number of amides is 1. The van der Waals surface area contributed by atoms with Crippen LogP contribution >= 0.6 is 67.8 Å². The first-order valence-electron chi connectivity index (χ1n) is 7.24. The Morgan fingerprint density at radius 2 is 1.89 bits per heavy atom. The Labute approximate surface area is 195 Å². The molecule has 1 atom stereocenters. The summed E-state index contributed by atoms with van der Waals surface area (Å²) in [5.74, 6) is -1.41. The van der Waals surface area contributed by atoms with Crippen LogP contribution in [0, 0.1) is 10.7 Å². The van der Waals surface area contributed by atoms with Gasteiger partial charge in [-0.25, -0.2) is 0 Å². The van der Waals surface area contributed by atoms with Crippen LogP contribution in [0.4, 0.5) is 8.78 Å². The Bertz CT molecular complexity index is 834. The van der Waals surface area contributed by atoms with Crippen LogP contribution < -0.4 is 5.32 Å². The minimum atomic E-state index is -5.69. The molecule has 0 bridgehead atoms. The van der Waals surface area contributed by atoms with Crippen LogP contribution in [0.2, 0.25) is 0 Å². The van der Waals surface area contributed by atoms with E-state index in [-0.39, 0.29) is 25.3 Å². The predicted octanol–water partition coefficient (Wildman–Crippen LogP) is 3.42. The molecule has 0 saturated heterocycles. The van der Waals surface area contributed by atoms with Crippen LogP contribution in [0.5, 0.6) is 0 Å². The minimum Gasteiger partial charge on any atom is -0.455 e. The van der Waals surface area contributed by atoms with Crippen LogP contribution in [0.3, 0.4) is 0 Å². The summed E-state index contributed by atoms with van der Waals surface area (Å²) < 4.78 is 63.2. The van der Waals surface area contributed by atoms with Crippen molar-refractivity contribution in [1.29, 1.82) is 0 Å². The molecule has 0 aliphatic carbocycles. The predicted molar refractivity (Wildman–Crippen MR) is 118 cm³/mol. The van der Waals surface area contributed by atoms with Gasteiger partial charge >= 0.3 is 21.3 Å². The van der Waals surface area contributed by atoms with Crippen molar-refractivity contribution in [1.82, 2.24) is 5.32 Å². The number of hydrogen-bond donors (Lipinski definition) is 2. The molecule has 1 aromatic rings. The quantitative estimate of drug-likeness (QED) is 0.139. The lowest BCUT2D eigenvalue weighted by molar-refractivity contribution is -0.159. The van der Waals surface area contributed by atoms with Crippen molar-refractivity contribution in [3.8, 4) is 0 Å². The highest BCUT2D eigenvalue weighted by Crippen LogP contribution is 2.27. The maximum absolute atomic E-state index is 13.3. The molecule has 0 saturated carbocycles. The van der Waals surface area contributed by atoms with Crippen LogP contribution in [0.15, 0.2) is 12.1 Å². The summed E-state index contributed by atoms with van der Waals surface area (Å²) in [6, 6.07) is 3.63.